The van der Waals surface area contributed by atoms with Crippen molar-refractivity contribution in [3.8, 4) is 34.1 Å². The van der Waals surface area contributed by atoms with Crippen molar-refractivity contribution in [2.45, 2.75) is 6.61 Å². The summed E-state index contributed by atoms with van der Waals surface area (Å²) in [7, 11) is 4.76. The maximum absolute atomic E-state index is 12.1. The summed E-state index contributed by atoms with van der Waals surface area (Å²) in [5, 5.41) is 1.86. The van der Waals surface area contributed by atoms with Gasteiger partial charge in [-0.1, -0.05) is 54.6 Å². The highest BCUT2D eigenvalue weighted by molar-refractivity contribution is 6.07. The molecule has 0 radical (unpaired) electrons. The second kappa shape index (κ2) is 9.43. The first-order chi connectivity index (χ1) is 15.7. The first-order valence-corrected chi connectivity index (χ1v) is 10.2. The number of hydrogen-bond acceptors (Lipinski definition) is 5. The van der Waals surface area contributed by atoms with Gasteiger partial charge in [-0.2, -0.15) is 0 Å². The first kappa shape index (κ1) is 21.2. The zero-order chi connectivity index (χ0) is 22.5. The molecule has 4 rings (SSSR count). The van der Waals surface area contributed by atoms with Crippen LogP contribution in [0.2, 0.25) is 0 Å². The molecular formula is C27H24O5. The molecule has 5 nitrogen and oxygen atoms in total. The van der Waals surface area contributed by atoms with Gasteiger partial charge in [-0.05, 0) is 34.5 Å². The number of ether oxygens (including phenoxy) is 4. The summed E-state index contributed by atoms with van der Waals surface area (Å²) in [6.07, 6.45) is 0.817. The Labute approximate surface area is 187 Å². The zero-order valence-corrected chi connectivity index (χ0v) is 18.3. The van der Waals surface area contributed by atoms with Gasteiger partial charge in [-0.3, -0.25) is 4.79 Å². The molecule has 0 bridgehead atoms. The van der Waals surface area contributed by atoms with E-state index in [1.807, 2.05) is 60.7 Å². The molecular weight excluding hydrogens is 404 g/mol. The van der Waals surface area contributed by atoms with Crippen LogP contribution in [-0.2, 0) is 6.61 Å². The third-order valence-corrected chi connectivity index (χ3v) is 5.37. The number of carbonyl (C=O) groups is 1. The number of benzene rings is 4. The Hall–Kier alpha value is -3.99. The largest absolute Gasteiger partial charge is 0.493 e. The third-order valence-electron chi connectivity index (χ3n) is 5.37. The van der Waals surface area contributed by atoms with Crippen molar-refractivity contribution in [2.24, 2.45) is 0 Å². The minimum absolute atomic E-state index is 0.316. The van der Waals surface area contributed by atoms with Gasteiger partial charge in [0.15, 0.2) is 29.3 Å². The van der Waals surface area contributed by atoms with Gasteiger partial charge in [-0.15, -0.1) is 0 Å². The summed E-state index contributed by atoms with van der Waals surface area (Å²) < 4.78 is 23.3. The van der Waals surface area contributed by atoms with E-state index >= 15 is 0 Å². The number of methoxy groups -OCH3 is 3. The summed E-state index contributed by atoms with van der Waals surface area (Å²) in [4.78, 5) is 12.1. The van der Waals surface area contributed by atoms with Crippen molar-refractivity contribution in [3.63, 3.8) is 0 Å². The Morgan fingerprint density at radius 3 is 2.12 bits per heavy atom. The summed E-state index contributed by atoms with van der Waals surface area (Å²) in [5.41, 5.74) is 2.78. The molecule has 0 fully saturated rings. The van der Waals surface area contributed by atoms with E-state index < -0.39 is 0 Å². The van der Waals surface area contributed by atoms with Gasteiger partial charge in [0, 0.05) is 16.7 Å². The molecule has 0 aliphatic rings. The molecule has 5 heteroatoms. The summed E-state index contributed by atoms with van der Waals surface area (Å²) in [6, 6.07) is 23.1. The second-order valence-corrected chi connectivity index (χ2v) is 7.16. The van der Waals surface area contributed by atoms with E-state index in [1.54, 1.807) is 33.5 Å². The molecule has 4 aromatic carbocycles. The summed E-state index contributed by atoms with van der Waals surface area (Å²) >= 11 is 0. The van der Waals surface area contributed by atoms with Gasteiger partial charge in [0.05, 0.1) is 21.3 Å². The Kier molecular flexibility index (Phi) is 6.26. The van der Waals surface area contributed by atoms with Crippen molar-refractivity contribution in [1.82, 2.24) is 0 Å². The molecule has 0 aliphatic heterocycles. The topological polar surface area (TPSA) is 54.0 Å². The number of carbonyl (C=O) groups excluding carboxylic acids is 1. The van der Waals surface area contributed by atoms with Crippen LogP contribution in [0.3, 0.4) is 0 Å². The van der Waals surface area contributed by atoms with Crippen molar-refractivity contribution >= 4 is 17.1 Å². The lowest BCUT2D eigenvalue weighted by Crippen LogP contribution is -2.03. The summed E-state index contributed by atoms with van der Waals surface area (Å²) in [6.45, 7) is 0.316. The normalized spacial score (nSPS) is 10.6. The lowest BCUT2D eigenvalue weighted by Gasteiger charge is -2.21. The van der Waals surface area contributed by atoms with Crippen LogP contribution in [-0.4, -0.2) is 27.6 Å². The van der Waals surface area contributed by atoms with Crippen LogP contribution >= 0.6 is 0 Å². The molecule has 32 heavy (non-hydrogen) atoms. The van der Waals surface area contributed by atoms with E-state index in [0.29, 0.717) is 46.3 Å². The Morgan fingerprint density at radius 1 is 0.719 bits per heavy atom. The highest BCUT2D eigenvalue weighted by Crippen LogP contribution is 2.50. The molecule has 0 heterocycles. The molecule has 0 amide bonds. The van der Waals surface area contributed by atoms with Crippen LogP contribution in [0.5, 0.6) is 23.0 Å². The minimum Gasteiger partial charge on any atom is -0.493 e. The fourth-order valence-corrected chi connectivity index (χ4v) is 3.87. The highest BCUT2D eigenvalue weighted by Gasteiger charge is 2.25. The van der Waals surface area contributed by atoms with Crippen molar-refractivity contribution in [1.29, 1.82) is 0 Å². The van der Waals surface area contributed by atoms with Crippen molar-refractivity contribution < 1.29 is 23.7 Å². The van der Waals surface area contributed by atoms with Gasteiger partial charge in [0.25, 0.3) is 0 Å². The van der Waals surface area contributed by atoms with Gasteiger partial charge < -0.3 is 18.9 Å². The van der Waals surface area contributed by atoms with Crippen LogP contribution < -0.4 is 18.9 Å². The lowest BCUT2D eigenvalue weighted by atomic mass is 9.92. The Balaban J connectivity index is 2.03. The van der Waals surface area contributed by atoms with Gasteiger partial charge >= 0.3 is 0 Å². The molecule has 0 aliphatic carbocycles. The number of aldehydes is 1. The molecule has 0 atom stereocenters. The SMILES string of the molecule is COc1ccc(C=O)c(-c2c(OC)c(OC)cc3ccccc23)c1OCc1ccccc1. The van der Waals surface area contributed by atoms with E-state index in [2.05, 4.69) is 0 Å². The smallest absolute Gasteiger partial charge is 0.170 e. The van der Waals surface area contributed by atoms with Gasteiger partial charge in [0.2, 0.25) is 0 Å². The maximum Gasteiger partial charge on any atom is 0.170 e. The molecule has 0 aromatic heterocycles. The fraction of sp³-hybridized carbons (Fsp3) is 0.148. The van der Waals surface area contributed by atoms with E-state index in [9.17, 15) is 4.79 Å². The van der Waals surface area contributed by atoms with Crippen LogP contribution in [0, 0.1) is 0 Å². The average molecular weight is 428 g/mol. The Bertz CT molecular complexity index is 1250. The highest BCUT2D eigenvalue weighted by atomic mass is 16.5. The van der Waals surface area contributed by atoms with Gasteiger partial charge in [-0.25, -0.2) is 0 Å². The van der Waals surface area contributed by atoms with E-state index in [0.717, 1.165) is 22.6 Å². The monoisotopic (exact) mass is 428 g/mol. The number of fused-ring (bicyclic) bond motifs is 1. The Morgan fingerprint density at radius 2 is 1.44 bits per heavy atom. The van der Waals surface area contributed by atoms with E-state index in [1.165, 1.54) is 0 Å². The number of hydrogen-bond donors (Lipinski definition) is 0. The number of rotatable bonds is 8. The summed E-state index contributed by atoms with van der Waals surface area (Å²) in [5.74, 6) is 2.08. The van der Waals surface area contributed by atoms with Crippen LogP contribution in [0.15, 0.2) is 72.8 Å². The predicted octanol–water partition coefficient (Wildman–Crippen LogP) is 5.92. The molecule has 0 saturated carbocycles. The molecule has 0 unspecified atom stereocenters. The standard InChI is InChI=1S/C27H24O5/c1-29-22-14-13-20(16-28)24(27(22)32-17-18-9-5-4-6-10-18)25-21-12-8-7-11-19(21)15-23(30-2)26(25)31-3/h4-16H,17H2,1-3H3. The lowest BCUT2D eigenvalue weighted by molar-refractivity contribution is 0.112. The maximum atomic E-state index is 12.1. The van der Waals surface area contributed by atoms with Gasteiger partial charge in [0.1, 0.15) is 6.61 Å². The van der Waals surface area contributed by atoms with Crippen molar-refractivity contribution in [3.05, 3.63) is 83.9 Å². The molecule has 162 valence electrons. The first-order valence-electron chi connectivity index (χ1n) is 10.2. The molecule has 0 saturated heterocycles. The van der Waals surface area contributed by atoms with Crippen LogP contribution in [0.1, 0.15) is 15.9 Å². The van der Waals surface area contributed by atoms with E-state index in [4.69, 9.17) is 18.9 Å². The minimum atomic E-state index is 0.316. The zero-order valence-electron chi connectivity index (χ0n) is 18.3. The molecule has 0 N–H and O–H groups in total. The molecule has 4 aromatic rings. The van der Waals surface area contributed by atoms with Crippen LogP contribution in [0.25, 0.3) is 21.9 Å². The molecule has 0 spiro atoms. The predicted molar refractivity (Wildman–Crippen MR) is 125 cm³/mol. The van der Waals surface area contributed by atoms with Crippen molar-refractivity contribution in [2.75, 3.05) is 21.3 Å². The average Bonchev–Trinajstić information content (AvgIpc) is 2.86. The quantitative estimate of drug-likeness (QED) is 0.326. The van der Waals surface area contributed by atoms with Crippen LogP contribution in [0.4, 0.5) is 0 Å². The fourth-order valence-electron chi connectivity index (χ4n) is 3.87. The second-order valence-electron chi connectivity index (χ2n) is 7.16. The van der Waals surface area contributed by atoms with E-state index in [-0.39, 0.29) is 0 Å². The third kappa shape index (κ3) is 3.85.